The Kier molecular flexibility index (Phi) is 19.2. The molecule has 0 unspecified atom stereocenters. The monoisotopic (exact) mass is 1250 g/mol. The zero-order chi connectivity index (χ0) is 64.4. The van der Waals surface area contributed by atoms with Crippen molar-refractivity contribution >= 4 is 36.1 Å². The van der Waals surface area contributed by atoms with Crippen molar-refractivity contribution < 1.29 is 33.0 Å². The third-order valence-electron chi connectivity index (χ3n) is 23.7. The molecular formula is C82H91FN4O6. The first-order chi connectivity index (χ1) is 45.1. The topological polar surface area (TPSA) is 141 Å². The number of hydrogen-bond acceptors (Lipinski definition) is 10. The fourth-order valence-corrected chi connectivity index (χ4v) is 19.3. The van der Waals surface area contributed by atoms with Gasteiger partial charge in [-0.25, -0.2) is 4.39 Å². The summed E-state index contributed by atoms with van der Waals surface area (Å²) in [5.74, 6) is 7.99. The molecule has 0 spiro atoms. The highest BCUT2D eigenvalue weighted by molar-refractivity contribution is 5.77. The van der Waals surface area contributed by atoms with Gasteiger partial charge in [0.25, 0.3) is 0 Å². The summed E-state index contributed by atoms with van der Waals surface area (Å²) < 4.78 is 30.6. The smallest absolute Gasteiger partial charge is 0.309 e. The molecule has 0 amide bonds. The Balaban J connectivity index is 0.000000127. The first kappa shape index (κ1) is 63.9. The van der Waals surface area contributed by atoms with Crippen molar-refractivity contribution in [1.82, 2.24) is 15.0 Å². The lowest BCUT2D eigenvalue weighted by molar-refractivity contribution is -0.145. The molecule has 10 nitrogen and oxygen atoms in total. The number of ether oxygens (including phenoxy) is 3. The van der Waals surface area contributed by atoms with E-state index in [0.717, 1.165) is 81.9 Å². The fourth-order valence-electron chi connectivity index (χ4n) is 19.3. The number of esters is 3. The second-order valence-electron chi connectivity index (χ2n) is 29.5. The molecule has 6 heterocycles. The number of carbonyl (C=O) groups is 3. The molecule has 3 saturated heterocycles. The number of hydrogen-bond donors (Lipinski definition) is 0. The fraction of sp³-hybridized carbons (Fsp3) is 0.476. The van der Waals surface area contributed by atoms with Gasteiger partial charge in [0.2, 0.25) is 0 Å². The van der Waals surface area contributed by atoms with Gasteiger partial charge < -0.3 is 14.2 Å². The van der Waals surface area contributed by atoms with Crippen molar-refractivity contribution in [2.75, 3.05) is 0 Å². The predicted molar refractivity (Wildman–Crippen MR) is 363 cm³/mol. The van der Waals surface area contributed by atoms with Crippen LogP contribution in [0.3, 0.4) is 0 Å². The minimum Gasteiger partial charge on any atom is -0.462 e. The molecule has 93 heavy (non-hydrogen) atoms. The van der Waals surface area contributed by atoms with E-state index in [1.54, 1.807) is 12.3 Å². The molecule has 9 fully saturated rings. The normalized spacial score (nSPS) is 34.8. The molecule has 3 aliphatic heterocycles. The third-order valence-corrected chi connectivity index (χ3v) is 23.7. The second-order valence-corrected chi connectivity index (χ2v) is 29.5. The molecule has 21 atom stereocenters. The molecule has 0 radical (unpaired) electrons. The van der Waals surface area contributed by atoms with E-state index in [4.69, 9.17) is 19.2 Å². The van der Waals surface area contributed by atoms with Gasteiger partial charge in [0, 0.05) is 58.6 Å². The number of aromatic nitrogens is 3. The number of fused-ring (bicyclic) bond motifs is 6. The number of carbonyl (C=O) groups excluding carboxylic acids is 3. The molecule has 6 saturated carbocycles. The Bertz CT molecular complexity index is 3750. The molecule has 0 bridgehead atoms. The second kappa shape index (κ2) is 28.0. The summed E-state index contributed by atoms with van der Waals surface area (Å²) in [7, 11) is 0. The molecule has 0 N–H and O–H groups in total. The summed E-state index contributed by atoms with van der Waals surface area (Å²) in [6.45, 7) is 13.3. The van der Waals surface area contributed by atoms with Crippen LogP contribution in [-0.2, 0) is 28.6 Å². The van der Waals surface area contributed by atoms with Crippen LogP contribution in [0.1, 0.15) is 141 Å². The number of halogens is 1. The first-order valence-corrected chi connectivity index (χ1v) is 35.0. The maximum absolute atomic E-state index is 13.5. The molecule has 6 aromatic rings. The van der Waals surface area contributed by atoms with E-state index in [9.17, 15) is 24.0 Å². The lowest BCUT2D eigenvalue weighted by atomic mass is 9.56. The van der Waals surface area contributed by atoms with E-state index in [1.807, 2.05) is 73.1 Å². The molecule has 3 aromatic heterocycles. The molecule has 6 aliphatic carbocycles. The summed E-state index contributed by atoms with van der Waals surface area (Å²) in [6, 6.07) is 39.0. The summed E-state index contributed by atoms with van der Waals surface area (Å²) in [6.07, 6.45) is 33.3. The summed E-state index contributed by atoms with van der Waals surface area (Å²) >= 11 is 0. The first-order valence-electron chi connectivity index (χ1n) is 35.0. The Hall–Kier alpha value is -7.84. The Labute approximate surface area is 550 Å². The van der Waals surface area contributed by atoms with Crippen LogP contribution in [0.2, 0.25) is 0 Å². The van der Waals surface area contributed by atoms with Crippen molar-refractivity contribution in [2.24, 2.45) is 107 Å². The zero-order valence-electron chi connectivity index (χ0n) is 54.9. The number of cyclic esters (lactones) is 3. The quantitative estimate of drug-likeness (QED) is 0.101. The molecular weight excluding hydrogens is 1160 g/mol. The average molecular weight is 1250 g/mol. The van der Waals surface area contributed by atoms with Crippen LogP contribution in [-0.4, -0.2) is 51.2 Å². The Morgan fingerprint density at radius 1 is 0.430 bits per heavy atom. The molecule has 15 rings (SSSR count). The summed E-state index contributed by atoms with van der Waals surface area (Å²) in [5.41, 5.74) is 9.33. The minimum absolute atomic E-state index is 0.00477. The number of allylic oxidation sites excluding steroid dienone is 3. The van der Waals surface area contributed by atoms with Crippen LogP contribution in [0.25, 0.3) is 51.6 Å². The standard InChI is InChI=1S/C28H30N2O2.C27H30FNO2.C27H31NO2/c1-17-7-11-24-21(13-17)14-26-27(18(2)32-28(26)31)25(24)12-10-22-9-8-20(16-30-22)23-6-4-3-5-19(23)15-29;1-16-6-10-23-20(12-16)14-25-26(17(2)31-27(25)30)24(23)11-9-22-8-7-19(15-29-22)18-4-3-5-21(28)13-18;1-17-8-12-23-21(14-17)15-25-26(18(2)30-27(25)29)24(23)13-11-22-10-9-20(16-28-22)19-6-4-3-5-7-19/h3-6,8-10,12,16-18,21,24-27H,7,11,13-14H2,1-2H3;3-5,7-9,11,13,15-17,20,23-26H,6,10,12,14H2,1-2H3;3-7,9-11,13,16-18,21,23-26H,8,12,14-15H2,1-2H3/b12-10+;11-9+;13-11+/t17-,18-,21+,24-,25+,26-,27+;16-,17-,20+,23-,24+,25-,26+;17-,18-,21+,23-,24+,25-,26+/m111/s1. The van der Waals surface area contributed by atoms with E-state index < -0.39 is 0 Å². The molecule has 11 heteroatoms. The maximum atomic E-state index is 13.5. The highest BCUT2D eigenvalue weighted by Crippen LogP contribution is 2.57. The zero-order valence-corrected chi connectivity index (χ0v) is 54.9. The number of pyridine rings is 3. The van der Waals surface area contributed by atoms with Gasteiger partial charge in [-0.1, -0.05) is 137 Å². The van der Waals surface area contributed by atoms with E-state index >= 15 is 0 Å². The van der Waals surface area contributed by atoms with Gasteiger partial charge in [-0.2, -0.15) is 5.26 Å². The van der Waals surface area contributed by atoms with Gasteiger partial charge >= 0.3 is 17.9 Å². The van der Waals surface area contributed by atoms with E-state index in [0.29, 0.717) is 64.7 Å². The van der Waals surface area contributed by atoms with Crippen molar-refractivity contribution in [3.05, 3.63) is 181 Å². The van der Waals surface area contributed by atoms with Crippen LogP contribution in [0.4, 0.5) is 4.39 Å². The largest absolute Gasteiger partial charge is 0.462 e. The van der Waals surface area contributed by atoms with Gasteiger partial charge in [0.15, 0.2) is 0 Å². The lowest BCUT2D eigenvalue weighted by Crippen LogP contribution is -2.43. The van der Waals surface area contributed by atoms with Crippen molar-refractivity contribution in [3.8, 4) is 39.4 Å². The summed E-state index contributed by atoms with van der Waals surface area (Å²) in [5, 5.41) is 9.37. The van der Waals surface area contributed by atoms with Gasteiger partial charge in [0.1, 0.15) is 24.1 Å². The van der Waals surface area contributed by atoms with Gasteiger partial charge in [-0.15, -0.1) is 0 Å². The van der Waals surface area contributed by atoms with E-state index in [-0.39, 0.29) is 71.6 Å². The lowest BCUT2D eigenvalue weighted by Gasteiger charge is -2.47. The van der Waals surface area contributed by atoms with Crippen LogP contribution in [0, 0.1) is 124 Å². The number of nitrogens with zero attached hydrogens (tertiary/aromatic N) is 4. The molecule has 482 valence electrons. The highest BCUT2D eigenvalue weighted by atomic mass is 19.1. The number of rotatable bonds is 9. The Morgan fingerprint density at radius 3 is 1.22 bits per heavy atom. The Morgan fingerprint density at radius 2 is 0.817 bits per heavy atom. The van der Waals surface area contributed by atoms with Crippen molar-refractivity contribution in [3.63, 3.8) is 0 Å². The van der Waals surface area contributed by atoms with Gasteiger partial charge in [0.05, 0.1) is 46.5 Å². The predicted octanol–water partition coefficient (Wildman–Crippen LogP) is 18.0. The highest BCUT2D eigenvalue weighted by Gasteiger charge is 2.57. The van der Waals surface area contributed by atoms with E-state index in [2.05, 4.69) is 130 Å². The van der Waals surface area contributed by atoms with Gasteiger partial charge in [-0.3, -0.25) is 29.3 Å². The number of nitriles is 1. The minimum atomic E-state index is -0.243. The molecule has 3 aromatic carbocycles. The van der Waals surface area contributed by atoms with Crippen LogP contribution in [0.5, 0.6) is 0 Å². The molecule has 9 aliphatic rings. The third kappa shape index (κ3) is 13.8. The average Bonchev–Trinajstić information content (AvgIpc) is 1.69. The van der Waals surface area contributed by atoms with Crippen LogP contribution >= 0.6 is 0 Å². The van der Waals surface area contributed by atoms with E-state index in [1.165, 1.54) is 75.5 Å². The maximum Gasteiger partial charge on any atom is 0.309 e. The summed E-state index contributed by atoms with van der Waals surface area (Å²) in [4.78, 5) is 51.5. The number of benzene rings is 3. The van der Waals surface area contributed by atoms with Crippen molar-refractivity contribution in [2.45, 2.75) is 137 Å². The van der Waals surface area contributed by atoms with Gasteiger partial charge in [-0.05, 0) is 215 Å². The van der Waals surface area contributed by atoms with Crippen LogP contribution in [0.15, 0.2) is 152 Å². The SMILES string of the molecule is C[C@@H]1CC[C@@H]2[C@@H](C1)C[C@H]1C(=O)O[C@H](C)[C@H]1[C@H]2/C=C/c1ccc(-c2cccc(F)c2)cn1.C[C@@H]1CC[C@@H]2[C@@H](C1)C[C@H]1C(=O)O[C@H](C)[C@H]1[C@H]2/C=C/c1ccc(-c2ccccc2)cn1.C[C@@H]1CC[C@@H]2[C@@H](C1)C[C@H]1C(=O)O[C@H](C)[C@H]1[C@H]2/C=C/c1ccc(-c2ccccc2C#N)cn1. The van der Waals surface area contributed by atoms with Crippen molar-refractivity contribution in [1.29, 1.82) is 5.26 Å². The van der Waals surface area contributed by atoms with Crippen LogP contribution < -0.4 is 0 Å².